The summed E-state index contributed by atoms with van der Waals surface area (Å²) >= 11 is 0. The molecule has 0 aromatic heterocycles. The van der Waals surface area contributed by atoms with Gasteiger partial charge in [-0.1, -0.05) is 12.1 Å². The van der Waals surface area contributed by atoms with Crippen molar-refractivity contribution in [2.75, 3.05) is 0 Å². The van der Waals surface area contributed by atoms with Crippen LogP contribution in [0.25, 0.3) is 0 Å². The van der Waals surface area contributed by atoms with Gasteiger partial charge in [-0.15, -0.1) is 0 Å². The highest BCUT2D eigenvalue weighted by molar-refractivity contribution is 5.27. The third-order valence-electron chi connectivity index (χ3n) is 6.30. The second kappa shape index (κ2) is 4.56. The van der Waals surface area contributed by atoms with Gasteiger partial charge in [0.25, 0.3) is 0 Å². The molecule has 5 rings (SSSR count). The van der Waals surface area contributed by atoms with E-state index in [4.69, 9.17) is 5.73 Å². The predicted molar refractivity (Wildman–Crippen MR) is 78.6 cm³/mol. The third kappa shape index (κ3) is 1.92. The van der Waals surface area contributed by atoms with E-state index >= 15 is 0 Å². The van der Waals surface area contributed by atoms with Crippen molar-refractivity contribution in [3.8, 4) is 0 Å². The lowest BCUT2D eigenvalue weighted by Gasteiger charge is -2.56. The van der Waals surface area contributed by atoms with E-state index in [1.54, 1.807) is 6.07 Å². The van der Waals surface area contributed by atoms with Crippen molar-refractivity contribution in [3.63, 3.8) is 0 Å². The van der Waals surface area contributed by atoms with Gasteiger partial charge >= 0.3 is 0 Å². The van der Waals surface area contributed by atoms with E-state index in [0.717, 1.165) is 29.2 Å². The van der Waals surface area contributed by atoms with Crippen molar-refractivity contribution in [1.82, 2.24) is 0 Å². The number of halogens is 1. The first kappa shape index (κ1) is 12.8. The average molecular weight is 273 g/mol. The molecule has 4 saturated carbocycles. The predicted octanol–water partition coefficient (Wildman–Crippen LogP) is 4.21. The summed E-state index contributed by atoms with van der Waals surface area (Å²) in [6, 6.07) is 5.61. The van der Waals surface area contributed by atoms with Gasteiger partial charge in [0.05, 0.1) is 0 Å². The standard InChI is InChI=1S/C18H24FN/c1-10-2-3-13(9-16(10)19)18(20)17-14-5-11-4-12(7-14)8-15(17)6-11/h2-3,9,11-12,14-15,17-18H,4-8,20H2,1H3. The molecule has 108 valence electrons. The van der Waals surface area contributed by atoms with E-state index in [-0.39, 0.29) is 11.9 Å². The van der Waals surface area contributed by atoms with Crippen molar-refractivity contribution in [2.45, 2.75) is 45.1 Å². The molecule has 1 unspecified atom stereocenters. The van der Waals surface area contributed by atoms with Crippen LogP contribution in [-0.4, -0.2) is 0 Å². The van der Waals surface area contributed by atoms with Crippen molar-refractivity contribution >= 4 is 0 Å². The Morgan fingerprint density at radius 1 is 1.05 bits per heavy atom. The average Bonchev–Trinajstić information content (AvgIpc) is 2.40. The van der Waals surface area contributed by atoms with Crippen LogP contribution in [0.1, 0.15) is 49.3 Å². The monoisotopic (exact) mass is 273 g/mol. The maximum atomic E-state index is 13.8. The SMILES string of the molecule is Cc1ccc(C(N)C2C3CC4CC(C3)CC2C4)cc1F. The molecule has 4 aliphatic carbocycles. The van der Waals surface area contributed by atoms with Crippen LogP contribution in [0, 0.1) is 42.3 Å². The van der Waals surface area contributed by atoms with E-state index < -0.39 is 0 Å². The van der Waals surface area contributed by atoms with E-state index in [1.165, 1.54) is 32.1 Å². The van der Waals surface area contributed by atoms with Gasteiger partial charge in [0.2, 0.25) is 0 Å². The maximum Gasteiger partial charge on any atom is 0.126 e. The Morgan fingerprint density at radius 2 is 1.65 bits per heavy atom. The molecule has 2 N–H and O–H groups in total. The zero-order chi connectivity index (χ0) is 13.9. The van der Waals surface area contributed by atoms with Gasteiger partial charge in [0.15, 0.2) is 0 Å². The van der Waals surface area contributed by atoms with Crippen LogP contribution in [0.15, 0.2) is 18.2 Å². The van der Waals surface area contributed by atoms with Gasteiger partial charge in [-0.3, -0.25) is 0 Å². The van der Waals surface area contributed by atoms with Crippen LogP contribution in [0.3, 0.4) is 0 Å². The largest absolute Gasteiger partial charge is 0.324 e. The van der Waals surface area contributed by atoms with Gasteiger partial charge in [0, 0.05) is 6.04 Å². The van der Waals surface area contributed by atoms with Gasteiger partial charge in [-0.05, 0) is 85.8 Å². The number of nitrogens with two attached hydrogens (primary N) is 1. The van der Waals surface area contributed by atoms with E-state index in [2.05, 4.69) is 0 Å². The Bertz CT molecular complexity index is 496. The molecule has 0 saturated heterocycles. The van der Waals surface area contributed by atoms with Crippen molar-refractivity contribution in [3.05, 3.63) is 35.1 Å². The first-order valence-electron chi connectivity index (χ1n) is 8.13. The highest BCUT2D eigenvalue weighted by Gasteiger charge is 2.50. The summed E-state index contributed by atoms with van der Waals surface area (Å²) in [6.07, 6.45) is 6.97. The summed E-state index contributed by atoms with van der Waals surface area (Å²) in [6.45, 7) is 1.81. The molecular formula is C18H24FN. The maximum absolute atomic E-state index is 13.8. The zero-order valence-corrected chi connectivity index (χ0v) is 12.2. The van der Waals surface area contributed by atoms with Crippen molar-refractivity contribution < 1.29 is 4.39 Å². The normalized spacial score (nSPS) is 40.0. The zero-order valence-electron chi connectivity index (χ0n) is 12.2. The summed E-state index contributed by atoms with van der Waals surface area (Å²) in [4.78, 5) is 0. The molecule has 0 spiro atoms. The minimum absolute atomic E-state index is 0.0279. The van der Waals surface area contributed by atoms with Gasteiger partial charge < -0.3 is 5.73 Å². The highest BCUT2D eigenvalue weighted by Crippen LogP contribution is 2.58. The fourth-order valence-electron chi connectivity index (χ4n) is 5.59. The van der Waals surface area contributed by atoms with E-state index in [9.17, 15) is 4.39 Å². The topological polar surface area (TPSA) is 26.0 Å². The molecule has 0 heterocycles. The van der Waals surface area contributed by atoms with Crippen LogP contribution in [0.2, 0.25) is 0 Å². The first-order valence-corrected chi connectivity index (χ1v) is 8.13. The summed E-state index contributed by atoms with van der Waals surface area (Å²) in [7, 11) is 0. The summed E-state index contributed by atoms with van der Waals surface area (Å²) in [5.74, 6) is 4.01. The smallest absolute Gasteiger partial charge is 0.126 e. The number of hydrogen-bond donors (Lipinski definition) is 1. The lowest BCUT2D eigenvalue weighted by atomic mass is 9.50. The Labute approximate surface area is 120 Å². The summed E-state index contributed by atoms with van der Waals surface area (Å²) in [5, 5.41) is 0. The number of benzene rings is 1. The number of aryl methyl sites for hydroxylation is 1. The summed E-state index contributed by atoms with van der Waals surface area (Å²) < 4.78 is 13.8. The molecule has 4 fully saturated rings. The molecule has 0 radical (unpaired) electrons. The first-order chi connectivity index (χ1) is 9.61. The molecule has 1 nitrogen and oxygen atoms in total. The quantitative estimate of drug-likeness (QED) is 0.858. The molecule has 4 bridgehead atoms. The van der Waals surface area contributed by atoms with Gasteiger partial charge in [0.1, 0.15) is 5.82 Å². The van der Waals surface area contributed by atoms with E-state index in [0.29, 0.717) is 11.5 Å². The van der Waals surface area contributed by atoms with Crippen LogP contribution in [0.5, 0.6) is 0 Å². The third-order valence-corrected chi connectivity index (χ3v) is 6.30. The molecule has 0 amide bonds. The summed E-state index contributed by atoms with van der Waals surface area (Å²) in [5.41, 5.74) is 8.29. The van der Waals surface area contributed by atoms with E-state index in [1.807, 2.05) is 19.1 Å². The Hall–Kier alpha value is -0.890. The molecule has 2 heteroatoms. The van der Waals surface area contributed by atoms with Crippen molar-refractivity contribution in [2.24, 2.45) is 35.3 Å². The molecule has 1 aromatic rings. The van der Waals surface area contributed by atoms with Gasteiger partial charge in [-0.25, -0.2) is 4.39 Å². The van der Waals surface area contributed by atoms with Gasteiger partial charge in [-0.2, -0.15) is 0 Å². The Morgan fingerprint density at radius 3 is 2.20 bits per heavy atom. The highest BCUT2D eigenvalue weighted by atomic mass is 19.1. The Balaban J connectivity index is 1.62. The molecule has 4 aliphatic rings. The van der Waals surface area contributed by atoms with Crippen LogP contribution < -0.4 is 5.73 Å². The number of hydrogen-bond acceptors (Lipinski definition) is 1. The lowest BCUT2D eigenvalue weighted by molar-refractivity contribution is -0.0472. The molecular weight excluding hydrogens is 249 g/mol. The molecule has 20 heavy (non-hydrogen) atoms. The fourth-order valence-corrected chi connectivity index (χ4v) is 5.59. The second-order valence-electron chi connectivity index (χ2n) is 7.54. The minimum Gasteiger partial charge on any atom is -0.324 e. The molecule has 1 aromatic carbocycles. The number of rotatable bonds is 2. The Kier molecular flexibility index (Phi) is 2.92. The molecule has 1 atom stereocenters. The minimum atomic E-state index is -0.109. The fraction of sp³-hybridized carbons (Fsp3) is 0.667. The molecule has 0 aliphatic heterocycles. The lowest BCUT2D eigenvalue weighted by Crippen LogP contribution is -2.48. The van der Waals surface area contributed by atoms with Crippen molar-refractivity contribution in [1.29, 1.82) is 0 Å². The van der Waals surface area contributed by atoms with Crippen LogP contribution >= 0.6 is 0 Å². The van der Waals surface area contributed by atoms with Crippen LogP contribution in [-0.2, 0) is 0 Å². The van der Waals surface area contributed by atoms with Crippen LogP contribution in [0.4, 0.5) is 4.39 Å². The second-order valence-corrected chi connectivity index (χ2v) is 7.54.